The minimum absolute atomic E-state index is 0.956. The molecule has 0 aliphatic heterocycles. The van der Waals surface area contributed by atoms with E-state index >= 15 is 0 Å². The summed E-state index contributed by atoms with van der Waals surface area (Å²) < 4.78 is 5.96. The van der Waals surface area contributed by atoms with Crippen LogP contribution in [0.2, 0.25) is 0 Å². The number of aryl methyl sites for hydroxylation is 2. The maximum Gasteiger partial charge on any atom is 0.136 e. The molecule has 0 spiro atoms. The van der Waals surface area contributed by atoms with E-state index in [0.29, 0.717) is 0 Å². The van der Waals surface area contributed by atoms with Crippen molar-refractivity contribution in [3.8, 4) is 0 Å². The highest BCUT2D eigenvalue weighted by atomic mass is 16.3. The minimum atomic E-state index is 0.956. The van der Waals surface area contributed by atoms with Crippen molar-refractivity contribution in [3.05, 3.63) is 53.1 Å². The molecule has 0 fully saturated rings. The Morgan fingerprint density at radius 1 is 1.00 bits per heavy atom. The van der Waals surface area contributed by atoms with Crippen LogP contribution in [0.1, 0.15) is 22.3 Å². The number of rotatable bonds is 1. The van der Waals surface area contributed by atoms with Gasteiger partial charge in [0.25, 0.3) is 0 Å². The summed E-state index contributed by atoms with van der Waals surface area (Å²) in [6.45, 7) is 10.3. The molecule has 0 saturated carbocycles. The first kappa shape index (κ1) is 11.1. The Balaban J connectivity index is 2.66. The normalized spacial score (nSPS) is 11.3. The molecule has 0 aliphatic rings. The van der Waals surface area contributed by atoms with E-state index in [0.717, 1.165) is 11.2 Å². The summed E-state index contributed by atoms with van der Waals surface area (Å²) in [5.41, 5.74) is 6.88. The number of hydrogen-bond donors (Lipinski definition) is 0. The van der Waals surface area contributed by atoms with Gasteiger partial charge in [0.2, 0.25) is 0 Å². The maximum absolute atomic E-state index is 5.96. The molecule has 18 heavy (non-hydrogen) atoms. The highest BCUT2D eigenvalue weighted by Gasteiger charge is 2.14. The van der Waals surface area contributed by atoms with Crippen LogP contribution in [0, 0.1) is 20.8 Å². The standard InChI is InChI=1S/C17H16O/c1-5-13-12(4)11(3)9-15-17(13)16-10(2)7-6-8-14(16)18-15/h5-9H,1H2,2-4H3. The average molecular weight is 236 g/mol. The summed E-state index contributed by atoms with van der Waals surface area (Å²) in [5.74, 6) is 0. The fourth-order valence-electron chi connectivity index (χ4n) is 2.67. The van der Waals surface area contributed by atoms with Crippen molar-refractivity contribution in [3.63, 3.8) is 0 Å². The van der Waals surface area contributed by atoms with Crippen molar-refractivity contribution >= 4 is 28.0 Å². The van der Waals surface area contributed by atoms with E-state index in [-0.39, 0.29) is 0 Å². The van der Waals surface area contributed by atoms with Gasteiger partial charge in [0, 0.05) is 10.8 Å². The summed E-state index contributed by atoms with van der Waals surface area (Å²) >= 11 is 0. The average Bonchev–Trinajstić information content (AvgIpc) is 2.70. The van der Waals surface area contributed by atoms with Gasteiger partial charge in [-0.3, -0.25) is 0 Å². The molecule has 0 bridgehead atoms. The quantitative estimate of drug-likeness (QED) is 0.569. The van der Waals surface area contributed by atoms with Crippen LogP contribution in [-0.2, 0) is 0 Å². The molecule has 0 radical (unpaired) electrons. The van der Waals surface area contributed by atoms with Crippen LogP contribution in [0.3, 0.4) is 0 Å². The third-order valence-corrected chi connectivity index (χ3v) is 3.77. The van der Waals surface area contributed by atoms with Crippen molar-refractivity contribution in [2.45, 2.75) is 20.8 Å². The Bertz CT molecular complexity index is 775. The highest BCUT2D eigenvalue weighted by Crippen LogP contribution is 2.36. The summed E-state index contributed by atoms with van der Waals surface area (Å²) in [7, 11) is 0. The lowest BCUT2D eigenvalue weighted by Crippen LogP contribution is -1.87. The molecule has 1 heteroatoms. The van der Waals surface area contributed by atoms with Gasteiger partial charge in [0.1, 0.15) is 11.2 Å². The molecule has 0 atom stereocenters. The molecule has 2 aromatic carbocycles. The zero-order valence-electron chi connectivity index (χ0n) is 11.0. The molecule has 0 unspecified atom stereocenters. The third kappa shape index (κ3) is 1.34. The largest absolute Gasteiger partial charge is 0.456 e. The summed E-state index contributed by atoms with van der Waals surface area (Å²) in [5, 5.41) is 2.41. The number of hydrogen-bond acceptors (Lipinski definition) is 1. The van der Waals surface area contributed by atoms with E-state index in [1.165, 1.54) is 33.0 Å². The summed E-state index contributed by atoms with van der Waals surface area (Å²) in [6.07, 6.45) is 1.94. The van der Waals surface area contributed by atoms with Crippen LogP contribution in [0.5, 0.6) is 0 Å². The van der Waals surface area contributed by atoms with Gasteiger partial charge in [-0.05, 0) is 55.2 Å². The minimum Gasteiger partial charge on any atom is -0.456 e. The zero-order chi connectivity index (χ0) is 12.9. The molecule has 0 N–H and O–H groups in total. The van der Waals surface area contributed by atoms with Gasteiger partial charge >= 0.3 is 0 Å². The monoisotopic (exact) mass is 236 g/mol. The van der Waals surface area contributed by atoms with Crippen LogP contribution in [0.4, 0.5) is 0 Å². The van der Waals surface area contributed by atoms with Gasteiger partial charge in [0.15, 0.2) is 0 Å². The van der Waals surface area contributed by atoms with Crippen molar-refractivity contribution in [2.24, 2.45) is 0 Å². The van der Waals surface area contributed by atoms with Gasteiger partial charge in [-0.15, -0.1) is 0 Å². The predicted molar refractivity (Wildman–Crippen MR) is 78.0 cm³/mol. The molecule has 0 saturated heterocycles. The fraction of sp³-hybridized carbons (Fsp3) is 0.176. The molecule has 3 aromatic rings. The Kier molecular flexibility index (Phi) is 2.30. The Morgan fingerprint density at radius 3 is 2.50 bits per heavy atom. The fourth-order valence-corrected chi connectivity index (χ4v) is 2.67. The lowest BCUT2D eigenvalue weighted by molar-refractivity contribution is 0.668. The number of furan rings is 1. The number of fused-ring (bicyclic) bond motifs is 3. The second-order valence-corrected chi connectivity index (χ2v) is 4.86. The van der Waals surface area contributed by atoms with Crippen molar-refractivity contribution < 1.29 is 4.42 Å². The highest BCUT2D eigenvalue weighted by molar-refractivity contribution is 6.11. The predicted octanol–water partition coefficient (Wildman–Crippen LogP) is 5.15. The Labute approximate surface area is 107 Å². The zero-order valence-corrected chi connectivity index (χ0v) is 11.0. The van der Waals surface area contributed by atoms with E-state index in [1.807, 2.05) is 18.2 Å². The van der Waals surface area contributed by atoms with Gasteiger partial charge in [-0.2, -0.15) is 0 Å². The molecule has 0 aliphatic carbocycles. The third-order valence-electron chi connectivity index (χ3n) is 3.77. The lowest BCUT2D eigenvalue weighted by Gasteiger charge is -2.06. The molecule has 3 rings (SSSR count). The van der Waals surface area contributed by atoms with E-state index in [9.17, 15) is 0 Å². The first-order chi connectivity index (χ1) is 8.63. The molecule has 0 amide bonds. The molecule has 1 heterocycles. The van der Waals surface area contributed by atoms with Gasteiger partial charge in [-0.1, -0.05) is 24.8 Å². The van der Waals surface area contributed by atoms with E-state index < -0.39 is 0 Å². The van der Waals surface area contributed by atoms with Crippen molar-refractivity contribution in [2.75, 3.05) is 0 Å². The van der Waals surface area contributed by atoms with Crippen LogP contribution >= 0.6 is 0 Å². The topological polar surface area (TPSA) is 13.1 Å². The van der Waals surface area contributed by atoms with E-state index in [1.54, 1.807) is 0 Å². The molecular formula is C17H16O. The van der Waals surface area contributed by atoms with E-state index in [4.69, 9.17) is 4.42 Å². The summed E-state index contributed by atoms with van der Waals surface area (Å²) in [4.78, 5) is 0. The van der Waals surface area contributed by atoms with Crippen LogP contribution in [0.15, 0.2) is 35.3 Å². The van der Waals surface area contributed by atoms with Crippen molar-refractivity contribution in [1.29, 1.82) is 0 Å². The molecular weight excluding hydrogens is 220 g/mol. The molecule has 1 nitrogen and oxygen atoms in total. The van der Waals surface area contributed by atoms with Crippen molar-refractivity contribution in [1.82, 2.24) is 0 Å². The Hall–Kier alpha value is -2.02. The number of benzene rings is 2. The molecule has 1 aromatic heterocycles. The first-order valence-corrected chi connectivity index (χ1v) is 6.18. The van der Waals surface area contributed by atoms with Gasteiger partial charge < -0.3 is 4.42 Å². The smallest absolute Gasteiger partial charge is 0.136 e. The summed E-state index contributed by atoms with van der Waals surface area (Å²) in [6, 6.07) is 8.31. The molecule has 90 valence electrons. The van der Waals surface area contributed by atoms with E-state index in [2.05, 4.69) is 39.5 Å². The van der Waals surface area contributed by atoms with Crippen LogP contribution < -0.4 is 0 Å². The van der Waals surface area contributed by atoms with Crippen LogP contribution in [-0.4, -0.2) is 0 Å². The van der Waals surface area contributed by atoms with Gasteiger partial charge in [-0.25, -0.2) is 0 Å². The van der Waals surface area contributed by atoms with Crippen LogP contribution in [0.25, 0.3) is 28.0 Å². The van der Waals surface area contributed by atoms with Gasteiger partial charge in [0.05, 0.1) is 0 Å². The Morgan fingerprint density at radius 2 is 1.78 bits per heavy atom. The first-order valence-electron chi connectivity index (χ1n) is 6.18. The lowest BCUT2D eigenvalue weighted by atomic mass is 9.96. The maximum atomic E-state index is 5.96. The second kappa shape index (κ2) is 3.74. The SMILES string of the molecule is C=Cc1c(C)c(C)cc2oc3cccc(C)c3c12. The second-order valence-electron chi connectivity index (χ2n) is 4.86.